The first-order valence-corrected chi connectivity index (χ1v) is 14.4. The van der Waals surface area contributed by atoms with Crippen LogP contribution in [-0.4, -0.2) is 69.7 Å². The molecular formula is C33H56N4O3. The maximum atomic E-state index is 11.6. The van der Waals surface area contributed by atoms with Gasteiger partial charge in [-0.25, -0.2) is 0 Å². The number of hydrogen-bond acceptors (Lipinski definition) is 6. The van der Waals surface area contributed by atoms with Crippen molar-refractivity contribution in [1.29, 1.82) is 0 Å². The smallest absolute Gasteiger partial charge is 0.222 e. The quantitative estimate of drug-likeness (QED) is 0.286. The molecule has 226 valence electrons. The molecule has 2 aromatic carbocycles. The molecule has 40 heavy (non-hydrogen) atoms. The Kier molecular flexibility index (Phi) is 25.9. The van der Waals surface area contributed by atoms with Crippen molar-refractivity contribution in [2.45, 2.75) is 66.8 Å². The van der Waals surface area contributed by atoms with Gasteiger partial charge in [0.05, 0.1) is 0 Å². The zero-order chi connectivity index (χ0) is 30.8. The summed E-state index contributed by atoms with van der Waals surface area (Å²) in [6, 6.07) is 16.8. The Morgan fingerprint density at radius 2 is 1.43 bits per heavy atom. The summed E-state index contributed by atoms with van der Waals surface area (Å²) in [5.74, 6) is 0.592. The summed E-state index contributed by atoms with van der Waals surface area (Å²) < 4.78 is 0. The third kappa shape index (κ3) is 24.2. The van der Waals surface area contributed by atoms with Crippen molar-refractivity contribution >= 4 is 18.5 Å². The molecule has 0 radical (unpaired) electrons. The number of nitrogens with one attached hydrogen (secondary N) is 2. The Labute approximate surface area is 244 Å². The topological polar surface area (TPSA) is 105 Å². The van der Waals surface area contributed by atoms with Crippen LogP contribution < -0.4 is 16.4 Å². The largest absolute Gasteiger partial charge is 0.356 e. The van der Waals surface area contributed by atoms with Gasteiger partial charge in [0.2, 0.25) is 5.91 Å². The molecule has 2 unspecified atom stereocenters. The first-order valence-electron chi connectivity index (χ1n) is 14.4. The Morgan fingerprint density at radius 3 is 1.80 bits per heavy atom. The van der Waals surface area contributed by atoms with Gasteiger partial charge in [-0.15, -0.1) is 0 Å². The SMILES string of the molecule is CCCN(C)CCC.CNCC(N)CC(C)C(=O)NCC(C)C.Cc1ccccc1.O=Cc1cccc(C=O)c1. The number of nitrogens with two attached hydrogens (primary N) is 1. The van der Waals surface area contributed by atoms with Crippen LogP contribution in [0.5, 0.6) is 0 Å². The van der Waals surface area contributed by atoms with Gasteiger partial charge in [0.1, 0.15) is 12.6 Å². The summed E-state index contributed by atoms with van der Waals surface area (Å²) in [6.45, 7) is 16.6. The molecule has 7 heteroatoms. The Morgan fingerprint density at radius 1 is 0.900 bits per heavy atom. The molecule has 7 nitrogen and oxygen atoms in total. The number of carbonyl (C=O) groups excluding carboxylic acids is 3. The van der Waals surface area contributed by atoms with Gasteiger partial charge in [-0.1, -0.05) is 88.7 Å². The van der Waals surface area contributed by atoms with Crippen LogP contribution in [0, 0.1) is 18.8 Å². The van der Waals surface area contributed by atoms with Crippen LogP contribution >= 0.6 is 0 Å². The van der Waals surface area contributed by atoms with Crippen molar-refractivity contribution in [3.63, 3.8) is 0 Å². The van der Waals surface area contributed by atoms with Gasteiger partial charge in [-0.2, -0.15) is 0 Å². The minimum absolute atomic E-state index is 0.00731. The van der Waals surface area contributed by atoms with E-state index in [-0.39, 0.29) is 17.9 Å². The van der Waals surface area contributed by atoms with Crippen molar-refractivity contribution in [2.75, 3.05) is 40.3 Å². The molecule has 0 saturated heterocycles. The maximum absolute atomic E-state index is 11.6. The standard InChI is InChI=1S/C11H25N3O.C8H6O2.C7H17N.C7H8/c1-8(2)6-14-11(15)9(3)5-10(12)7-13-4;9-5-7-2-1-3-8(4-7)6-10;1-4-6-8(3)7-5-2;1-7-5-3-2-4-6-7/h8-10,13H,5-7,12H2,1-4H3,(H,14,15);1-6H;4-7H2,1-3H3;2-6H,1H3. The fraction of sp³-hybridized carbons (Fsp3) is 0.545. The molecule has 2 atom stereocenters. The van der Waals surface area contributed by atoms with Crippen LogP contribution in [0.1, 0.15) is 80.2 Å². The van der Waals surface area contributed by atoms with E-state index in [0.29, 0.717) is 29.6 Å². The lowest BCUT2D eigenvalue weighted by atomic mass is 10.0. The second-order valence-corrected chi connectivity index (χ2v) is 10.5. The lowest BCUT2D eigenvalue weighted by molar-refractivity contribution is -0.124. The number of aryl methyl sites for hydroxylation is 1. The monoisotopic (exact) mass is 556 g/mol. The van der Waals surface area contributed by atoms with E-state index in [2.05, 4.69) is 69.3 Å². The molecule has 0 aliphatic carbocycles. The highest BCUT2D eigenvalue weighted by Crippen LogP contribution is 2.04. The van der Waals surface area contributed by atoms with Crippen molar-refractivity contribution in [2.24, 2.45) is 17.6 Å². The number of benzene rings is 2. The number of aldehydes is 2. The molecule has 0 saturated carbocycles. The fourth-order valence-corrected chi connectivity index (χ4v) is 3.50. The number of likely N-dealkylation sites (N-methyl/N-ethyl adjacent to an activating group) is 1. The van der Waals surface area contributed by atoms with Crippen LogP contribution in [0.2, 0.25) is 0 Å². The number of nitrogens with zero attached hydrogens (tertiary/aromatic N) is 1. The maximum Gasteiger partial charge on any atom is 0.222 e. The first-order chi connectivity index (χ1) is 19.0. The van der Waals surface area contributed by atoms with Crippen molar-refractivity contribution in [3.05, 3.63) is 71.3 Å². The van der Waals surface area contributed by atoms with Gasteiger partial charge in [-0.05, 0) is 65.4 Å². The van der Waals surface area contributed by atoms with Crippen LogP contribution in [0.3, 0.4) is 0 Å². The average molecular weight is 557 g/mol. The zero-order valence-electron chi connectivity index (χ0n) is 26.3. The molecule has 4 N–H and O–H groups in total. The number of amides is 1. The first kappa shape index (κ1) is 39.3. The normalized spacial score (nSPS) is 11.5. The van der Waals surface area contributed by atoms with Crippen molar-refractivity contribution in [1.82, 2.24) is 15.5 Å². The van der Waals surface area contributed by atoms with Gasteiger partial charge >= 0.3 is 0 Å². The van der Waals surface area contributed by atoms with Crippen molar-refractivity contribution < 1.29 is 14.4 Å². The molecule has 0 spiro atoms. The summed E-state index contributed by atoms with van der Waals surface area (Å²) in [5, 5.41) is 5.92. The molecule has 0 fully saturated rings. The van der Waals surface area contributed by atoms with Gasteiger partial charge in [0.15, 0.2) is 0 Å². The number of carbonyl (C=O) groups is 3. The highest BCUT2D eigenvalue weighted by atomic mass is 16.1. The van der Waals surface area contributed by atoms with Crippen LogP contribution in [0.15, 0.2) is 54.6 Å². The summed E-state index contributed by atoms with van der Waals surface area (Å²) in [4.78, 5) is 34.3. The summed E-state index contributed by atoms with van der Waals surface area (Å²) in [7, 11) is 4.04. The van der Waals surface area contributed by atoms with E-state index < -0.39 is 0 Å². The van der Waals surface area contributed by atoms with Gasteiger partial charge in [-0.3, -0.25) is 14.4 Å². The van der Waals surface area contributed by atoms with E-state index >= 15 is 0 Å². The summed E-state index contributed by atoms with van der Waals surface area (Å²) in [6.07, 6.45) is 4.71. The number of rotatable bonds is 13. The Hall–Kier alpha value is -2.87. The molecule has 0 heterocycles. The Bertz CT molecular complexity index is 861. The minimum Gasteiger partial charge on any atom is -0.356 e. The molecule has 0 aliphatic rings. The predicted octanol–water partition coefficient (Wildman–Crippen LogP) is 5.38. The lowest BCUT2D eigenvalue weighted by Gasteiger charge is -2.17. The van der Waals surface area contributed by atoms with E-state index in [0.717, 1.165) is 19.5 Å². The second-order valence-electron chi connectivity index (χ2n) is 10.5. The lowest BCUT2D eigenvalue weighted by Crippen LogP contribution is -2.38. The fourth-order valence-electron chi connectivity index (χ4n) is 3.50. The minimum atomic E-state index is -0.00731. The highest BCUT2D eigenvalue weighted by Gasteiger charge is 2.16. The molecule has 1 amide bonds. The van der Waals surface area contributed by atoms with E-state index in [1.54, 1.807) is 24.3 Å². The van der Waals surface area contributed by atoms with Crippen LogP contribution in [-0.2, 0) is 4.79 Å². The predicted molar refractivity (Wildman–Crippen MR) is 170 cm³/mol. The zero-order valence-corrected chi connectivity index (χ0v) is 26.3. The molecule has 0 aliphatic heterocycles. The van der Waals surface area contributed by atoms with Gasteiger partial charge in [0, 0.05) is 36.2 Å². The highest BCUT2D eigenvalue weighted by molar-refractivity contribution is 5.81. The second kappa shape index (κ2) is 26.4. The third-order valence-corrected chi connectivity index (χ3v) is 5.59. The molecule has 0 aromatic heterocycles. The molecule has 2 rings (SSSR count). The van der Waals surface area contributed by atoms with Gasteiger partial charge < -0.3 is 21.3 Å². The molecule has 2 aromatic rings. The van der Waals surface area contributed by atoms with Crippen molar-refractivity contribution in [3.8, 4) is 0 Å². The third-order valence-electron chi connectivity index (χ3n) is 5.59. The molecule has 0 bridgehead atoms. The van der Waals surface area contributed by atoms with Gasteiger partial charge in [0.25, 0.3) is 0 Å². The van der Waals surface area contributed by atoms with Crippen LogP contribution in [0.25, 0.3) is 0 Å². The Balaban J connectivity index is 0. The van der Waals surface area contributed by atoms with E-state index in [1.807, 2.05) is 32.2 Å². The van der Waals surface area contributed by atoms with Crippen LogP contribution in [0.4, 0.5) is 0 Å². The van der Waals surface area contributed by atoms with E-state index in [4.69, 9.17) is 5.73 Å². The summed E-state index contributed by atoms with van der Waals surface area (Å²) >= 11 is 0. The van der Waals surface area contributed by atoms with E-state index in [9.17, 15) is 14.4 Å². The van der Waals surface area contributed by atoms with E-state index in [1.165, 1.54) is 31.5 Å². The summed E-state index contributed by atoms with van der Waals surface area (Å²) in [5.41, 5.74) is 8.22. The number of hydrogen-bond donors (Lipinski definition) is 3. The molecular weight excluding hydrogens is 500 g/mol. The average Bonchev–Trinajstić information content (AvgIpc) is 2.93.